The Morgan fingerprint density at radius 1 is 1.56 bits per heavy atom. The minimum absolute atomic E-state index is 0.0434. The highest BCUT2D eigenvalue weighted by molar-refractivity contribution is 9.10. The van der Waals surface area contributed by atoms with E-state index in [0.717, 1.165) is 10.9 Å². The fraction of sp³-hybridized carbons (Fsp3) is 0.364. The molecule has 88 valence electrons. The predicted molar refractivity (Wildman–Crippen MR) is 71.4 cm³/mol. The van der Waals surface area contributed by atoms with Gasteiger partial charge in [0.15, 0.2) is 0 Å². The molecule has 0 spiro atoms. The number of hydrogen-bond acceptors (Lipinski definition) is 1. The van der Waals surface area contributed by atoms with E-state index in [1.165, 1.54) is 0 Å². The number of halogens is 3. The second-order valence-corrected chi connectivity index (χ2v) is 5.28. The number of amides is 1. The van der Waals surface area contributed by atoms with Crippen LogP contribution in [0.15, 0.2) is 22.7 Å². The second-order valence-electron chi connectivity index (χ2n) is 3.34. The van der Waals surface area contributed by atoms with Crippen LogP contribution >= 0.6 is 39.1 Å². The average molecular weight is 325 g/mol. The lowest BCUT2D eigenvalue weighted by molar-refractivity contribution is 0.0953. The molecule has 0 aliphatic carbocycles. The standard InChI is InChI=1S/C11H12BrCl2NO/c1-2-8(13)6-15-11(16)9-4-3-7(12)5-10(9)14/h3-5,8H,2,6H2,1H3,(H,15,16). The lowest BCUT2D eigenvalue weighted by atomic mass is 10.2. The van der Waals surface area contributed by atoms with E-state index in [4.69, 9.17) is 23.2 Å². The minimum atomic E-state index is -0.198. The molecule has 0 bridgehead atoms. The fourth-order valence-electron chi connectivity index (χ4n) is 1.12. The van der Waals surface area contributed by atoms with Gasteiger partial charge in [0, 0.05) is 11.0 Å². The first-order valence-electron chi connectivity index (χ1n) is 4.92. The molecule has 5 heteroatoms. The molecule has 1 aromatic carbocycles. The van der Waals surface area contributed by atoms with E-state index in [2.05, 4.69) is 21.2 Å². The summed E-state index contributed by atoms with van der Waals surface area (Å²) in [6.07, 6.45) is 0.815. The van der Waals surface area contributed by atoms with Crippen LogP contribution in [0.3, 0.4) is 0 Å². The Kier molecular flexibility index (Phi) is 5.59. The number of carbonyl (C=O) groups excluding carboxylic acids is 1. The molecule has 1 rings (SSSR count). The van der Waals surface area contributed by atoms with E-state index < -0.39 is 0 Å². The quantitative estimate of drug-likeness (QED) is 0.837. The summed E-state index contributed by atoms with van der Waals surface area (Å²) < 4.78 is 0.845. The van der Waals surface area contributed by atoms with Crippen molar-refractivity contribution in [3.8, 4) is 0 Å². The maximum absolute atomic E-state index is 11.7. The monoisotopic (exact) mass is 323 g/mol. The van der Waals surface area contributed by atoms with Crippen molar-refractivity contribution in [1.82, 2.24) is 5.32 Å². The molecule has 0 saturated carbocycles. The third kappa shape index (κ3) is 3.96. The molecule has 16 heavy (non-hydrogen) atoms. The Hall–Kier alpha value is -0.250. The first-order chi connectivity index (χ1) is 7.54. The summed E-state index contributed by atoms with van der Waals surface area (Å²) in [5.41, 5.74) is 0.463. The van der Waals surface area contributed by atoms with Gasteiger partial charge in [-0.15, -0.1) is 11.6 Å². The lowest BCUT2D eigenvalue weighted by Gasteiger charge is -2.09. The molecule has 0 fully saturated rings. The molecular formula is C11H12BrCl2NO. The zero-order chi connectivity index (χ0) is 12.1. The van der Waals surface area contributed by atoms with Crippen LogP contribution in [0.4, 0.5) is 0 Å². The number of carbonyl (C=O) groups is 1. The summed E-state index contributed by atoms with van der Waals surface area (Å²) in [5, 5.41) is 3.12. The summed E-state index contributed by atoms with van der Waals surface area (Å²) in [6.45, 7) is 2.42. The van der Waals surface area contributed by atoms with Gasteiger partial charge in [-0.25, -0.2) is 0 Å². The third-order valence-electron chi connectivity index (χ3n) is 2.10. The normalized spacial score (nSPS) is 12.2. The van der Waals surface area contributed by atoms with Crippen LogP contribution in [0, 0.1) is 0 Å². The third-order valence-corrected chi connectivity index (χ3v) is 3.37. The molecule has 1 atom stereocenters. The Bertz CT molecular complexity index is 384. The lowest BCUT2D eigenvalue weighted by Crippen LogP contribution is -2.29. The highest BCUT2D eigenvalue weighted by Crippen LogP contribution is 2.21. The SMILES string of the molecule is CCC(Cl)CNC(=O)c1ccc(Br)cc1Cl. The molecule has 0 aliphatic rings. The van der Waals surface area contributed by atoms with Gasteiger partial charge in [0.05, 0.1) is 16.0 Å². The van der Waals surface area contributed by atoms with Gasteiger partial charge in [0.25, 0.3) is 5.91 Å². The van der Waals surface area contributed by atoms with Gasteiger partial charge in [-0.3, -0.25) is 4.79 Å². The van der Waals surface area contributed by atoms with E-state index >= 15 is 0 Å². The number of nitrogens with one attached hydrogen (secondary N) is 1. The van der Waals surface area contributed by atoms with E-state index in [-0.39, 0.29) is 11.3 Å². The molecule has 1 N–H and O–H groups in total. The van der Waals surface area contributed by atoms with Crippen LogP contribution in [0.1, 0.15) is 23.7 Å². The van der Waals surface area contributed by atoms with Crippen molar-refractivity contribution in [1.29, 1.82) is 0 Å². The maximum atomic E-state index is 11.7. The number of hydrogen-bond donors (Lipinski definition) is 1. The molecule has 0 aliphatic heterocycles. The van der Waals surface area contributed by atoms with Gasteiger partial charge in [-0.05, 0) is 24.6 Å². The molecule has 2 nitrogen and oxygen atoms in total. The van der Waals surface area contributed by atoms with Crippen LogP contribution in [-0.2, 0) is 0 Å². The largest absolute Gasteiger partial charge is 0.351 e. The fourth-order valence-corrected chi connectivity index (χ4v) is 1.95. The average Bonchev–Trinajstić information content (AvgIpc) is 2.25. The van der Waals surface area contributed by atoms with Gasteiger partial charge in [0.1, 0.15) is 0 Å². The van der Waals surface area contributed by atoms with Gasteiger partial charge in [0.2, 0.25) is 0 Å². The van der Waals surface area contributed by atoms with Gasteiger partial charge < -0.3 is 5.32 Å². The van der Waals surface area contributed by atoms with Gasteiger partial charge in [-0.1, -0.05) is 34.5 Å². The van der Waals surface area contributed by atoms with Gasteiger partial charge >= 0.3 is 0 Å². The van der Waals surface area contributed by atoms with Crippen molar-refractivity contribution in [2.75, 3.05) is 6.54 Å². The topological polar surface area (TPSA) is 29.1 Å². The summed E-state index contributed by atoms with van der Waals surface area (Å²) >= 11 is 15.1. The first kappa shape index (κ1) is 13.8. The van der Waals surface area contributed by atoms with Crippen LogP contribution in [0.25, 0.3) is 0 Å². The summed E-state index contributed by atoms with van der Waals surface area (Å²) in [7, 11) is 0. The Morgan fingerprint density at radius 3 is 2.81 bits per heavy atom. The molecule has 1 unspecified atom stereocenters. The summed E-state index contributed by atoms with van der Waals surface area (Å²) in [5.74, 6) is -0.198. The highest BCUT2D eigenvalue weighted by Gasteiger charge is 2.11. The molecular weight excluding hydrogens is 313 g/mol. The van der Waals surface area contributed by atoms with Crippen LogP contribution in [0.5, 0.6) is 0 Å². The molecule has 0 heterocycles. The molecule has 1 aromatic rings. The van der Waals surface area contributed by atoms with Crippen molar-refractivity contribution in [2.45, 2.75) is 18.7 Å². The van der Waals surface area contributed by atoms with Crippen LogP contribution in [0.2, 0.25) is 5.02 Å². The zero-order valence-corrected chi connectivity index (χ0v) is 11.9. The van der Waals surface area contributed by atoms with Crippen molar-refractivity contribution in [3.63, 3.8) is 0 Å². The molecule has 0 aromatic heterocycles. The van der Waals surface area contributed by atoms with E-state index in [0.29, 0.717) is 17.1 Å². The van der Waals surface area contributed by atoms with E-state index in [9.17, 15) is 4.79 Å². The maximum Gasteiger partial charge on any atom is 0.252 e. The minimum Gasteiger partial charge on any atom is -0.351 e. The predicted octanol–water partition coefficient (Wildman–Crippen LogP) is 3.85. The molecule has 1 amide bonds. The van der Waals surface area contributed by atoms with E-state index in [1.807, 2.05) is 6.92 Å². The number of benzene rings is 1. The van der Waals surface area contributed by atoms with Gasteiger partial charge in [-0.2, -0.15) is 0 Å². The Balaban J connectivity index is 2.66. The molecule has 0 saturated heterocycles. The number of alkyl halides is 1. The summed E-state index contributed by atoms with van der Waals surface area (Å²) in [6, 6.07) is 5.14. The van der Waals surface area contributed by atoms with Crippen molar-refractivity contribution in [2.24, 2.45) is 0 Å². The Labute approximate surface area is 113 Å². The van der Waals surface area contributed by atoms with Crippen LogP contribution in [-0.4, -0.2) is 17.8 Å². The Morgan fingerprint density at radius 2 is 2.25 bits per heavy atom. The zero-order valence-electron chi connectivity index (χ0n) is 8.77. The van der Waals surface area contributed by atoms with Crippen LogP contribution < -0.4 is 5.32 Å². The number of rotatable bonds is 4. The van der Waals surface area contributed by atoms with Crippen molar-refractivity contribution < 1.29 is 4.79 Å². The second kappa shape index (κ2) is 6.48. The highest BCUT2D eigenvalue weighted by atomic mass is 79.9. The smallest absolute Gasteiger partial charge is 0.252 e. The molecule has 0 radical (unpaired) electrons. The van der Waals surface area contributed by atoms with E-state index in [1.54, 1.807) is 18.2 Å². The van der Waals surface area contributed by atoms with Crippen molar-refractivity contribution in [3.05, 3.63) is 33.3 Å². The van der Waals surface area contributed by atoms with Crippen molar-refractivity contribution >= 4 is 45.0 Å². The first-order valence-corrected chi connectivity index (χ1v) is 6.52. The summed E-state index contributed by atoms with van der Waals surface area (Å²) in [4.78, 5) is 11.7.